The Balaban J connectivity index is 4.04. The maximum atomic E-state index is 12.4. The van der Waals surface area contributed by atoms with Gasteiger partial charge < -0.3 is 5.32 Å². The van der Waals surface area contributed by atoms with Gasteiger partial charge in [0.05, 0.1) is 0 Å². The monoisotopic (exact) mass is 247 g/mol. The molecule has 0 aliphatic carbocycles. The molecule has 0 bridgehead atoms. The summed E-state index contributed by atoms with van der Waals surface area (Å²) in [6.45, 7) is 1.71. The number of halogens is 4. The van der Waals surface area contributed by atoms with Crippen molar-refractivity contribution in [1.29, 1.82) is 0 Å². The number of hydrogen-bond acceptors (Lipinski definition) is 2. The topological polar surface area (TPSA) is 29.1 Å². The zero-order valence-corrected chi connectivity index (χ0v) is 9.21. The highest BCUT2D eigenvalue weighted by Gasteiger charge is 2.48. The highest BCUT2D eigenvalue weighted by Crippen LogP contribution is 2.22. The number of carbonyl (C=O) groups is 1. The van der Waals surface area contributed by atoms with Crippen molar-refractivity contribution in [3.63, 3.8) is 0 Å². The maximum absolute atomic E-state index is 12.4. The second-order valence-electron chi connectivity index (χ2n) is 3.19. The molecule has 1 amide bonds. The lowest BCUT2D eigenvalue weighted by Gasteiger charge is -2.16. The smallest absolute Gasteiger partial charge is 0.350 e. The Morgan fingerprint density at radius 1 is 1.47 bits per heavy atom. The van der Waals surface area contributed by atoms with Crippen molar-refractivity contribution in [3.8, 4) is 0 Å². The minimum atomic E-state index is -4.60. The molecule has 0 radical (unpaired) electrons. The Bertz CT molecular complexity index is 213. The zero-order chi connectivity index (χ0) is 12.1. The average molecular weight is 247 g/mol. The van der Waals surface area contributed by atoms with E-state index in [0.29, 0.717) is 5.75 Å². The predicted molar refractivity (Wildman–Crippen MR) is 51.5 cm³/mol. The molecule has 0 fully saturated rings. The van der Waals surface area contributed by atoms with Crippen LogP contribution in [0.1, 0.15) is 6.92 Å². The molecule has 7 heteroatoms. The number of rotatable bonds is 6. The van der Waals surface area contributed by atoms with Crippen LogP contribution in [-0.2, 0) is 4.79 Å². The largest absolute Gasteiger partial charge is 0.383 e. The molecular formula is C8H13F4NOS. The van der Waals surface area contributed by atoms with Crippen molar-refractivity contribution in [1.82, 2.24) is 5.32 Å². The Morgan fingerprint density at radius 3 is 2.40 bits per heavy atom. The third kappa shape index (κ3) is 4.72. The maximum Gasteiger partial charge on any atom is 0.383 e. The molecule has 0 aliphatic rings. The molecule has 0 saturated heterocycles. The molecule has 0 aromatic carbocycles. The quantitative estimate of drug-likeness (QED) is 0.727. The van der Waals surface area contributed by atoms with Crippen molar-refractivity contribution in [2.75, 3.05) is 18.6 Å². The Morgan fingerprint density at radius 2 is 2.00 bits per heavy atom. The van der Waals surface area contributed by atoms with Crippen LogP contribution in [0.4, 0.5) is 17.6 Å². The summed E-state index contributed by atoms with van der Waals surface area (Å²) < 4.78 is 48.3. The van der Waals surface area contributed by atoms with Gasteiger partial charge in [-0.25, -0.2) is 8.78 Å². The summed E-state index contributed by atoms with van der Waals surface area (Å²) in [5.41, 5.74) is 0. The van der Waals surface area contributed by atoms with Gasteiger partial charge in [0.2, 0.25) is 0 Å². The Kier molecular flexibility index (Phi) is 6.00. The van der Waals surface area contributed by atoms with Crippen LogP contribution in [0.2, 0.25) is 0 Å². The summed E-state index contributed by atoms with van der Waals surface area (Å²) in [6.07, 6.45) is -2.14. The molecule has 0 rings (SSSR count). The summed E-state index contributed by atoms with van der Waals surface area (Å²) in [4.78, 5) is 10.7. The second-order valence-corrected chi connectivity index (χ2v) is 4.10. The van der Waals surface area contributed by atoms with Crippen LogP contribution in [0.3, 0.4) is 0 Å². The number of nitrogens with one attached hydrogen (secondary N) is 1. The SMILES string of the molecule is CSCC(C)CNC(=O)C(F)(F)C(F)F. The van der Waals surface area contributed by atoms with E-state index in [2.05, 4.69) is 0 Å². The molecule has 0 spiro atoms. The minimum absolute atomic E-state index is 0.0258. The molecular weight excluding hydrogens is 234 g/mol. The third-order valence-electron chi connectivity index (χ3n) is 1.64. The summed E-state index contributed by atoms with van der Waals surface area (Å²) in [6, 6.07) is 0. The molecule has 0 heterocycles. The molecule has 1 atom stereocenters. The van der Waals surface area contributed by atoms with Crippen LogP contribution >= 0.6 is 11.8 Å². The predicted octanol–water partition coefficient (Wildman–Crippen LogP) is 2.00. The van der Waals surface area contributed by atoms with E-state index in [4.69, 9.17) is 0 Å². The molecule has 0 aromatic rings. The van der Waals surface area contributed by atoms with Crippen LogP contribution < -0.4 is 5.32 Å². The van der Waals surface area contributed by atoms with Gasteiger partial charge in [-0.2, -0.15) is 20.5 Å². The van der Waals surface area contributed by atoms with E-state index in [1.807, 2.05) is 6.26 Å². The lowest BCUT2D eigenvalue weighted by Crippen LogP contribution is -2.46. The number of alkyl halides is 4. The molecule has 2 nitrogen and oxygen atoms in total. The van der Waals surface area contributed by atoms with Gasteiger partial charge in [0.25, 0.3) is 5.91 Å². The van der Waals surface area contributed by atoms with Gasteiger partial charge in [-0.3, -0.25) is 4.79 Å². The molecule has 1 unspecified atom stereocenters. The van der Waals surface area contributed by atoms with Crippen molar-refractivity contribution in [2.24, 2.45) is 5.92 Å². The fourth-order valence-corrected chi connectivity index (χ4v) is 1.51. The fourth-order valence-electron chi connectivity index (χ4n) is 0.827. The first-order chi connectivity index (χ1) is 6.82. The molecule has 1 N–H and O–H groups in total. The summed E-state index contributed by atoms with van der Waals surface area (Å²) >= 11 is 1.49. The standard InChI is InChI=1S/C8H13F4NOS/c1-5(4-15-2)3-13-7(14)8(11,12)6(9)10/h5-6H,3-4H2,1-2H3,(H,13,14). The molecule has 0 aliphatic heterocycles. The summed E-state index contributed by atoms with van der Waals surface area (Å²) in [7, 11) is 0. The first-order valence-electron chi connectivity index (χ1n) is 4.25. The normalized spacial score (nSPS) is 14.1. The van der Waals surface area contributed by atoms with Gasteiger partial charge >= 0.3 is 12.3 Å². The number of amides is 1. The fraction of sp³-hybridized carbons (Fsp3) is 0.875. The van der Waals surface area contributed by atoms with E-state index >= 15 is 0 Å². The second kappa shape index (κ2) is 6.19. The van der Waals surface area contributed by atoms with Gasteiger partial charge in [-0.05, 0) is 17.9 Å². The average Bonchev–Trinajstić information content (AvgIpc) is 2.14. The van der Waals surface area contributed by atoms with Crippen molar-refractivity contribution < 1.29 is 22.4 Å². The highest BCUT2D eigenvalue weighted by molar-refractivity contribution is 7.98. The first kappa shape index (κ1) is 14.5. The van der Waals surface area contributed by atoms with Gasteiger partial charge in [-0.15, -0.1) is 0 Å². The molecule has 90 valence electrons. The van der Waals surface area contributed by atoms with E-state index < -0.39 is 18.3 Å². The molecule has 15 heavy (non-hydrogen) atoms. The van der Waals surface area contributed by atoms with Crippen LogP contribution in [0.15, 0.2) is 0 Å². The van der Waals surface area contributed by atoms with Crippen molar-refractivity contribution in [3.05, 3.63) is 0 Å². The zero-order valence-electron chi connectivity index (χ0n) is 8.40. The van der Waals surface area contributed by atoms with E-state index in [1.165, 1.54) is 11.8 Å². The Hall–Kier alpha value is -0.460. The summed E-state index contributed by atoms with van der Waals surface area (Å²) in [5, 5.41) is 1.81. The highest BCUT2D eigenvalue weighted by atomic mass is 32.2. The van der Waals surface area contributed by atoms with Gasteiger partial charge in [0, 0.05) is 6.54 Å². The van der Waals surface area contributed by atoms with Crippen molar-refractivity contribution in [2.45, 2.75) is 19.3 Å². The minimum Gasteiger partial charge on any atom is -0.350 e. The van der Waals surface area contributed by atoms with E-state index in [-0.39, 0.29) is 12.5 Å². The Labute approximate surface area is 89.8 Å². The molecule has 0 aromatic heterocycles. The lowest BCUT2D eigenvalue weighted by atomic mass is 10.2. The van der Waals surface area contributed by atoms with E-state index in [1.54, 1.807) is 12.2 Å². The van der Waals surface area contributed by atoms with Crippen LogP contribution in [-0.4, -0.2) is 36.8 Å². The first-order valence-corrected chi connectivity index (χ1v) is 5.65. The third-order valence-corrected chi connectivity index (χ3v) is 2.54. The van der Waals surface area contributed by atoms with Crippen LogP contribution in [0, 0.1) is 5.92 Å². The van der Waals surface area contributed by atoms with Gasteiger partial charge in [0.15, 0.2) is 0 Å². The lowest BCUT2D eigenvalue weighted by molar-refractivity contribution is -0.169. The van der Waals surface area contributed by atoms with Crippen LogP contribution in [0.25, 0.3) is 0 Å². The number of thioether (sulfide) groups is 1. The van der Waals surface area contributed by atoms with Crippen LogP contribution in [0.5, 0.6) is 0 Å². The summed E-state index contributed by atoms with van der Waals surface area (Å²) in [5.74, 6) is -5.87. The van der Waals surface area contributed by atoms with E-state index in [0.717, 1.165) is 0 Å². The van der Waals surface area contributed by atoms with E-state index in [9.17, 15) is 22.4 Å². The van der Waals surface area contributed by atoms with Gasteiger partial charge in [-0.1, -0.05) is 6.92 Å². The van der Waals surface area contributed by atoms with Gasteiger partial charge in [0.1, 0.15) is 0 Å². The number of carbonyl (C=O) groups excluding carboxylic acids is 1. The number of hydrogen-bond donors (Lipinski definition) is 1. The van der Waals surface area contributed by atoms with Crippen molar-refractivity contribution >= 4 is 17.7 Å². The molecule has 0 saturated carbocycles.